The minimum absolute atomic E-state index is 0.0336. The molecule has 1 aromatic rings. The van der Waals surface area contributed by atoms with Crippen molar-refractivity contribution in [2.24, 2.45) is 11.8 Å². The van der Waals surface area contributed by atoms with Crippen LogP contribution in [-0.2, 0) is 18.9 Å². The fraction of sp³-hybridized carbons (Fsp3) is 0.538. The molecule has 40 heavy (non-hydrogen) atoms. The molecule has 0 radical (unpaired) electrons. The van der Waals surface area contributed by atoms with Crippen molar-refractivity contribution in [1.82, 2.24) is 20.4 Å². The van der Waals surface area contributed by atoms with E-state index in [1.807, 2.05) is 0 Å². The molecule has 1 saturated heterocycles. The number of likely N-dealkylation sites (tertiary alicyclic amines) is 1. The van der Waals surface area contributed by atoms with Crippen molar-refractivity contribution in [3.8, 4) is 0 Å². The molecule has 2 N–H and O–H groups in total. The van der Waals surface area contributed by atoms with E-state index in [1.54, 1.807) is 13.0 Å². The van der Waals surface area contributed by atoms with Gasteiger partial charge in [-0.3, -0.25) is 0 Å². The summed E-state index contributed by atoms with van der Waals surface area (Å²) in [5.41, 5.74) is -3.27. The maximum Gasteiger partial charge on any atom is 0.416 e. The lowest BCUT2D eigenvalue weighted by molar-refractivity contribution is -0.143. The Morgan fingerprint density at radius 3 is 2.27 bits per heavy atom. The summed E-state index contributed by atoms with van der Waals surface area (Å²) in [4.78, 5) is 28.3. The van der Waals surface area contributed by atoms with Crippen LogP contribution in [0.1, 0.15) is 36.5 Å². The van der Waals surface area contributed by atoms with Gasteiger partial charge in [-0.05, 0) is 54.7 Å². The molecule has 6 nitrogen and oxygen atoms in total. The van der Waals surface area contributed by atoms with Gasteiger partial charge >= 0.3 is 24.4 Å². The highest BCUT2D eigenvalue weighted by Crippen LogP contribution is 2.37. The molecule has 2 unspecified atom stereocenters. The van der Waals surface area contributed by atoms with Gasteiger partial charge in [-0.25, -0.2) is 14.0 Å². The van der Waals surface area contributed by atoms with Gasteiger partial charge in [0.2, 0.25) is 0 Å². The quantitative estimate of drug-likeness (QED) is 0.297. The molecule has 0 aromatic heterocycles. The molecule has 1 aliphatic carbocycles. The van der Waals surface area contributed by atoms with Gasteiger partial charge < -0.3 is 20.4 Å². The first-order valence-corrected chi connectivity index (χ1v) is 13.1. The fourth-order valence-corrected chi connectivity index (χ4v) is 5.17. The van der Waals surface area contributed by atoms with E-state index in [0.717, 1.165) is 4.90 Å². The van der Waals surface area contributed by atoms with Crippen molar-refractivity contribution in [2.75, 3.05) is 26.0 Å². The molecule has 4 atom stereocenters. The number of piperidine rings is 1. The largest absolute Gasteiger partial charge is 0.416 e. The predicted molar refractivity (Wildman–Crippen MR) is 135 cm³/mol. The Kier molecular flexibility index (Phi) is 10.0. The number of hydrogen-bond donors (Lipinski definition) is 2. The minimum Gasteiger partial charge on any atom is -0.337 e. The summed E-state index contributed by atoms with van der Waals surface area (Å²) in [5.74, 6) is -0.891. The van der Waals surface area contributed by atoms with Crippen molar-refractivity contribution < 1.29 is 40.3 Å². The Morgan fingerprint density at radius 1 is 1.10 bits per heavy atom. The van der Waals surface area contributed by atoms with Gasteiger partial charge in [0.1, 0.15) is 5.83 Å². The molecule has 4 amide bonds. The second kappa shape index (κ2) is 12.7. The summed E-state index contributed by atoms with van der Waals surface area (Å²) in [7, 11) is 1.29. The Labute approximate surface area is 232 Å². The van der Waals surface area contributed by atoms with E-state index in [0.29, 0.717) is 25.0 Å². The van der Waals surface area contributed by atoms with Crippen molar-refractivity contribution in [3.63, 3.8) is 0 Å². The summed E-state index contributed by atoms with van der Waals surface area (Å²) in [5, 5.41) is 5.42. The van der Waals surface area contributed by atoms with E-state index in [4.69, 9.17) is 11.6 Å². The highest BCUT2D eigenvalue weighted by Gasteiger charge is 2.40. The van der Waals surface area contributed by atoms with Gasteiger partial charge in [0.25, 0.3) is 0 Å². The second-order valence-electron chi connectivity index (χ2n) is 9.97. The van der Waals surface area contributed by atoms with Crippen molar-refractivity contribution >= 4 is 23.7 Å². The van der Waals surface area contributed by atoms with Gasteiger partial charge in [0.15, 0.2) is 0 Å². The molecule has 1 aromatic carbocycles. The Balaban J connectivity index is 1.84. The van der Waals surface area contributed by atoms with E-state index in [1.165, 1.54) is 24.1 Å². The zero-order valence-corrected chi connectivity index (χ0v) is 22.5. The van der Waals surface area contributed by atoms with Crippen LogP contribution in [0, 0.1) is 11.8 Å². The zero-order valence-electron chi connectivity index (χ0n) is 21.8. The highest BCUT2D eigenvalue weighted by molar-refractivity contribution is 6.18. The van der Waals surface area contributed by atoms with Crippen LogP contribution in [0.5, 0.6) is 0 Å². The number of nitrogens with zero attached hydrogens (tertiary/aromatic N) is 2. The lowest BCUT2D eigenvalue weighted by Crippen LogP contribution is -2.58. The predicted octanol–water partition coefficient (Wildman–Crippen LogP) is 6.32. The number of nitrogens with one attached hydrogen (secondary N) is 2. The number of amides is 4. The van der Waals surface area contributed by atoms with E-state index in [2.05, 4.69) is 10.6 Å². The van der Waals surface area contributed by atoms with E-state index < -0.39 is 54.0 Å². The van der Waals surface area contributed by atoms with Gasteiger partial charge in [0.05, 0.1) is 11.1 Å². The summed E-state index contributed by atoms with van der Waals surface area (Å²) in [6.45, 7) is 1.65. The van der Waals surface area contributed by atoms with Crippen LogP contribution in [0.25, 0.3) is 0 Å². The van der Waals surface area contributed by atoms with Gasteiger partial charge in [-0.2, -0.15) is 26.3 Å². The molecule has 222 valence electrons. The van der Waals surface area contributed by atoms with Crippen LogP contribution in [0.3, 0.4) is 0 Å². The minimum atomic E-state index is -5.01. The molecular formula is C26H30ClF7N4O2. The van der Waals surface area contributed by atoms with Gasteiger partial charge in [-0.1, -0.05) is 13.0 Å². The second-order valence-corrected chi connectivity index (χ2v) is 10.3. The number of alkyl halides is 7. The number of allylic oxidation sites excluding steroid dienone is 3. The Bertz CT molecular complexity index is 1110. The molecule has 1 aliphatic heterocycles. The number of carbonyl (C=O) groups is 2. The molecule has 0 bridgehead atoms. The standard InChI is InChI=1S/C26H30ClF7N4O2/c1-15-9-19(28)3-4-21(15)22-13-20(36-23(39)35-7-6-27)5-8-38(22)24(40)37(2)14-16-10-17(25(29,30)31)12-18(11-16)26(32,33)34/h3-4,9-12,15,20-22H,5-8,13-14H2,1-2H3,(H2,35,36,39)/t15?,20-,21?,22+/m0/s1. The molecule has 0 spiro atoms. The average Bonchev–Trinajstić information content (AvgIpc) is 2.86. The van der Waals surface area contributed by atoms with Gasteiger partial charge in [-0.15, -0.1) is 11.6 Å². The van der Waals surface area contributed by atoms with Crippen molar-refractivity contribution in [3.05, 3.63) is 58.9 Å². The first-order valence-electron chi connectivity index (χ1n) is 12.6. The maximum absolute atomic E-state index is 13.9. The summed E-state index contributed by atoms with van der Waals surface area (Å²) < 4.78 is 93.7. The monoisotopic (exact) mass is 598 g/mol. The molecular weight excluding hydrogens is 569 g/mol. The first-order chi connectivity index (χ1) is 18.6. The summed E-state index contributed by atoms with van der Waals surface area (Å²) in [6.07, 6.45) is -5.07. The van der Waals surface area contributed by atoms with Crippen LogP contribution in [0.4, 0.5) is 40.3 Å². The Hall–Kier alpha value is -2.96. The van der Waals surface area contributed by atoms with Crippen LogP contribution in [-0.4, -0.2) is 60.0 Å². The lowest BCUT2D eigenvalue weighted by atomic mass is 9.78. The van der Waals surface area contributed by atoms with Crippen molar-refractivity contribution in [1.29, 1.82) is 0 Å². The molecule has 1 fully saturated rings. The maximum atomic E-state index is 13.9. The topological polar surface area (TPSA) is 64.7 Å². The fourth-order valence-electron chi connectivity index (χ4n) is 5.07. The van der Waals surface area contributed by atoms with E-state index >= 15 is 0 Å². The lowest BCUT2D eigenvalue weighted by Gasteiger charge is -2.45. The first kappa shape index (κ1) is 31.6. The van der Waals surface area contributed by atoms with Gasteiger partial charge in [0, 0.05) is 50.6 Å². The van der Waals surface area contributed by atoms with Crippen LogP contribution < -0.4 is 10.6 Å². The molecule has 3 rings (SSSR count). The van der Waals surface area contributed by atoms with E-state index in [9.17, 15) is 40.3 Å². The van der Waals surface area contributed by atoms with Crippen LogP contribution >= 0.6 is 11.6 Å². The average molecular weight is 599 g/mol. The molecule has 2 aliphatic rings. The number of urea groups is 2. The third kappa shape index (κ3) is 8.05. The number of hydrogen-bond acceptors (Lipinski definition) is 2. The smallest absolute Gasteiger partial charge is 0.337 e. The Morgan fingerprint density at radius 2 is 1.73 bits per heavy atom. The molecule has 14 heteroatoms. The number of halogens is 8. The highest BCUT2D eigenvalue weighted by atomic mass is 35.5. The van der Waals surface area contributed by atoms with Crippen LogP contribution in [0.2, 0.25) is 0 Å². The van der Waals surface area contributed by atoms with E-state index in [-0.39, 0.29) is 48.5 Å². The number of carbonyl (C=O) groups excluding carboxylic acids is 2. The summed E-state index contributed by atoms with van der Waals surface area (Å²) in [6, 6.07) is -0.724. The zero-order chi connectivity index (χ0) is 29.8. The third-order valence-electron chi connectivity index (χ3n) is 6.95. The molecule has 1 heterocycles. The normalized spacial score (nSPS) is 23.4. The van der Waals surface area contributed by atoms with Crippen molar-refractivity contribution in [2.45, 2.75) is 50.7 Å². The third-order valence-corrected chi connectivity index (χ3v) is 7.14. The summed E-state index contributed by atoms with van der Waals surface area (Å²) >= 11 is 5.60. The number of benzene rings is 1. The van der Waals surface area contributed by atoms with Crippen LogP contribution in [0.15, 0.2) is 42.3 Å². The SMILES string of the molecule is CC1C=C(F)C=CC1[C@H]1C[C@@H](NC(=O)NCCCl)CCN1C(=O)N(C)Cc1cc(C(F)(F)F)cc(C(F)(F)F)c1. The number of rotatable bonds is 6. The molecule has 0 saturated carbocycles.